The zero-order valence-corrected chi connectivity index (χ0v) is 13.5. The molecule has 106 valence electrons. The Morgan fingerprint density at radius 1 is 1.37 bits per heavy atom. The number of sulfonamides is 1. The van der Waals surface area contributed by atoms with Gasteiger partial charge in [-0.15, -0.1) is 0 Å². The van der Waals surface area contributed by atoms with Gasteiger partial charge in [0, 0.05) is 36.0 Å². The minimum atomic E-state index is -3.47. The molecule has 1 aromatic heterocycles. The van der Waals surface area contributed by atoms with Crippen molar-refractivity contribution in [3.63, 3.8) is 0 Å². The van der Waals surface area contributed by atoms with Crippen LogP contribution < -0.4 is 0 Å². The second kappa shape index (κ2) is 5.87. The van der Waals surface area contributed by atoms with Gasteiger partial charge in [0.2, 0.25) is 10.0 Å². The number of hydrogen-bond donors (Lipinski definition) is 0. The van der Waals surface area contributed by atoms with E-state index < -0.39 is 10.0 Å². The van der Waals surface area contributed by atoms with Gasteiger partial charge in [0.25, 0.3) is 0 Å². The lowest BCUT2D eigenvalue weighted by Crippen LogP contribution is -2.41. The summed E-state index contributed by atoms with van der Waals surface area (Å²) in [6, 6.07) is 1.57. The average Bonchev–Trinajstić information content (AvgIpc) is 2.50. The van der Waals surface area contributed by atoms with E-state index in [1.165, 1.54) is 6.20 Å². The van der Waals surface area contributed by atoms with Crippen molar-refractivity contribution in [1.82, 2.24) is 14.2 Å². The van der Waals surface area contributed by atoms with E-state index in [9.17, 15) is 8.42 Å². The number of likely N-dealkylation sites (N-methyl/N-ethyl adjacent to an activating group) is 1. The summed E-state index contributed by atoms with van der Waals surface area (Å²) in [4.78, 5) is 6.36. The summed E-state index contributed by atoms with van der Waals surface area (Å²) >= 11 is 3.27. The normalized spacial score (nSPS) is 23.2. The van der Waals surface area contributed by atoms with Crippen LogP contribution in [0.2, 0.25) is 0 Å². The molecule has 0 N–H and O–H groups in total. The van der Waals surface area contributed by atoms with Crippen LogP contribution in [-0.4, -0.2) is 55.3 Å². The lowest BCUT2D eigenvalue weighted by Gasteiger charge is -2.27. The Balaban J connectivity index is 2.33. The molecular weight excluding hydrogens is 330 g/mol. The van der Waals surface area contributed by atoms with E-state index in [0.717, 1.165) is 19.5 Å². The molecule has 5 nitrogen and oxygen atoms in total. The van der Waals surface area contributed by atoms with Crippen LogP contribution in [0.15, 0.2) is 27.8 Å². The molecule has 2 heterocycles. The summed E-state index contributed by atoms with van der Waals surface area (Å²) in [7, 11) is -1.45. The molecule has 0 amide bonds. The molecule has 0 aliphatic carbocycles. The van der Waals surface area contributed by atoms with E-state index in [-0.39, 0.29) is 10.9 Å². The van der Waals surface area contributed by atoms with Gasteiger partial charge < -0.3 is 4.90 Å². The fourth-order valence-electron chi connectivity index (χ4n) is 2.38. The first kappa shape index (κ1) is 14.9. The Labute approximate surface area is 122 Å². The van der Waals surface area contributed by atoms with Crippen LogP contribution in [-0.2, 0) is 10.0 Å². The second-order valence-corrected chi connectivity index (χ2v) is 7.73. The fraction of sp³-hybridized carbons (Fsp3) is 0.583. The van der Waals surface area contributed by atoms with Gasteiger partial charge in [-0.05, 0) is 48.9 Å². The van der Waals surface area contributed by atoms with Crippen molar-refractivity contribution in [2.75, 3.05) is 26.7 Å². The molecule has 7 heteroatoms. The highest BCUT2D eigenvalue weighted by Crippen LogP contribution is 2.22. The third-order valence-electron chi connectivity index (χ3n) is 3.27. The van der Waals surface area contributed by atoms with E-state index in [1.807, 2.05) is 14.0 Å². The van der Waals surface area contributed by atoms with Gasteiger partial charge >= 0.3 is 0 Å². The minimum absolute atomic E-state index is 0.0310. The summed E-state index contributed by atoms with van der Waals surface area (Å²) in [5.41, 5.74) is 0. The molecule has 1 fully saturated rings. The predicted octanol–water partition coefficient (Wildman–Crippen LogP) is 1.56. The Morgan fingerprint density at radius 3 is 2.79 bits per heavy atom. The fourth-order valence-corrected chi connectivity index (χ4v) is 4.54. The van der Waals surface area contributed by atoms with E-state index in [4.69, 9.17) is 0 Å². The highest BCUT2D eigenvalue weighted by Gasteiger charge is 2.31. The van der Waals surface area contributed by atoms with Crippen LogP contribution in [0.3, 0.4) is 0 Å². The largest absolute Gasteiger partial charge is 0.305 e. The van der Waals surface area contributed by atoms with Gasteiger partial charge in [-0.2, -0.15) is 4.31 Å². The molecule has 0 bridgehead atoms. The molecular formula is C12H18BrN3O2S. The Hall–Kier alpha value is -0.500. The van der Waals surface area contributed by atoms with Gasteiger partial charge in [0.05, 0.1) is 0 Å². The van der Waals surface area contributed by atoms with Crippen LogP contribution in [0, 0.1) is 0 Å². The third kappa shape index (κ3) is 3.34. The monoisotopic (exact) mass is 347 g/mol. The molecule has 1 aliphatic heterocycles. The van der Waals surface area contributed by atoms with E-state index >= 15 is 0 Å². The van der Waals surface area contributed by atoms with Crippen LogP contribution in [0.5, 0.6) is 0 Å². The first-order chi connectivity index (χ1) is 8.91. The average molecular weight is 348 g/mol. The summed E-state index contributed by atoms with van der Waals surface area (Å²) < 4.78 is 27.6. The van der Waals surface area contributed by atoms with Crippen molar-refractivity contribution in [2.45, 2.75) is 24.3 Å². The molecule has 1 atom stereocenters. The number of halogens is 1. The Bertz CT molecular complexity index is 550. The van der Waals surface area contributed by atoms with Gasteiger partial charge in [0.1, 0.15) is 4.90 Å². The molecule has 0 aromatic carbocycles. The second-order valence-electron chi connectivity index (χ2n) is 4.92. The molecule has 1 saturated heterocycles. The van der Waals surface area contributed by atoms with E-state index in [0.29, 0.717) is 11.0 Å². The first-order valence-electron chi connectivity index (χ1n) is 6.22. The highest BCUT2D eigenvalue weighted by molar-refractivity contribution is 9.10. The maximum Gasteiger partial charge on any atom is 0.244 e. The quantitative estimate of drug-likeness (QED) is 0.814. The number of rotatable bonds is 2. The van der Waals surface area contributed by atoms with Crippen LogP contribution in [0.25, 0.3) is 0 Å². The topological polar surface area (TPSA) is 53.5 Å². The standard InChI is InChI=1S/C12H18BrN3O2S/c1-10-9-15(2)4-3-5-16(10)19(17,18)12-6-11(13)7-14-8-12/h6-8,10H,3-5,9H2,1-2H3. The van der Waals surface area contributed by atoms with Gasteiger partial charge in [0.15, 0.2) is 0 Å². The molecule has 2 rings (SSSR count). The lowest BCUT2D eigenvalue weighted by atomic mass is 10.3. The molecule has 0 saturated carbocycles. The Kier molecular flexibility index (Phi) is 4.60. The number of pyridine rings is 1. The van der Waals surface area contributed by atoms with Gasteiger partial charge in [-0.3, -0.25) is 4.98 Å². The molecule has 1 unspecified atom stereocenters. The summed E-state index contributed by atoms with van der Waals surface area (Å²) in [5, 5.41) is 0. The maximum absolute atomic E-state index is 12.7. The van der Waals surface area contributed by atoms with Crippen molar-refractivity contribution in [3.05, 3.63) is 22.9 Å². The smallest absolute Gasteiger partial charge is 0.244 e. The summed E-state index contributed by atoms with van der Waals surface area (Å²) in [5.74, 6) is 0. The van der Waals surface area contributed by atoms with E-state index in [2.05, 4.69) is 25.8 Å². The molecule has 0 radical (unpaired) electrons. The maximum atomic E-state index is 12.7. The minimum Gasteiger partial charge on any atom is -0.305 e. The van der Waals surface area contributed by atoms with Gasteiger partial charge in [-0.25, -0.2) is 8.42 Å². The van der Waals surface area contributed by atoms with Crippen LogP contribution in [0.4, 0.5) is 0 Å². The van der Waals surface area contributed by atoms with Crippen molar-refractivity contribution >= 4 is 26.0 Å². The Morgan fingerprint density at radius 2 is 2.11 bits per heavy atom. The summed E-state index contributed by atoms with van der Waals surface area (Å²) in [6.45, 7) is 4.18. The molecule has 1 aromatic rings. The molecule has 1 aliphatic rings. The highest BCUT2D eigenvalue weighted by atomic mass is 79.9. The third-order valence-corrected chi connectivity index (χ3v) is 5.68. The van der Waals surface area contributed by atoms with Crippen molar-refractivity contribution in [1.29, 1.82) is 0 Å². The van der Waals surface area contributed by atoms with Crippen LogP contribution >= 0.6 is 15.9 Å². The number of hydrogen-bond acceptors (Lipinski definition) is 4. The number of nitrogens with zero attached hydrogens (tertiary/aromatic N) is 3. The first-order valence-corrected chi connectivity index (χ1v) is 8.45. The molecule has 19 heavy (non-hydrogen) atoms. The SMILES string of the molecule is CC1CN(C)CCCN1S(=O)(=O)c1cncc(Br)c1. The van der Waals surface area contributed by atoms with Gasteiger partial charge in [-0.1, -0.05) is 0 Å². The van der Waals surface area contributed by atoms with Crippen molar-refractivity contribution < 1.29 is 8.42 Å². The zero-order valence-electron chi connectivity index (χ0n) is 11.1. The zero-order chi connectivity index (χ0) is 14.0. The molecule has 0 spiro atoms. The van der Waals surface area contributed by atoms with Crippen LogP contribution in [0.1, 0.15) is 13.3 Å². The number of aromatic nitrogens is 1. The summed E-state index contributed by atoms with van der Waals surface area (Å²) in [6.07, 6.45) is 3.83. The predicted molar refractivity (Wildman–Crippen MR) is 77.4 cm³/mol. The van der Waals surface area contributed by atoms with Crippen molar-refractivity contribution in [3.8, 4) is 0 Å². The van der Waals surface area contributed by atoms with Crippen molar-refractivity contribution in [2.24, 2.45) is 0 Å². The lowest BCUT2D eigenvalue weighted by molar-refractivity contribution is 0.290. The van der Waals surface area contributed by atoms with E-state index in [1.54, 1.807) is 16.6 Å².